The standard InChI is InChI=1S/C22H28N2O3/c1-5-23-21(25)20(18-9-7-6-8-10-18)24(22(26)16(2)3)15-17-11-13-19(27-4)14-12-17/h6-14,16,20H,5,15H2,1-4H3,(H,23,25)/t20-/m1/s1. The molecule has 0 spiro atoms. The molecular weight excluding hydrogens is 340 g/mol. The summed E-state index contributed by atoms with van der Waals surface area (Å²) >= 11 is 0. The molecule has 1 atom stereocenters. The first kappa shape index (κ1) is 20.5. The van der Waals surface area contributed by atoms with Crippen molar-refractivity contribution >= 4 is 11.8 Å². The predicted octanol–water partition coefficient (Wildman–Crippen LogP) is 3.56. The Morgan fingerprint density at radius 2 is 1.67 bits per heavy atom. The lowest BCUT2D eigenvalue weighted by Crippen LogP contribution is -2.44. The molecule has 0 aliphatic carbocycles. The number of hydrogen-bond donors (Lipinski definition) is 1. The van der Waals surface area contributed by atoms with Crippen molar-refractivity contribution in [1.29, 1.82) is 0 Å². The van der Waals surface area contributed by atoms with Crippen molar-refractivity contribution in [2.24, 2.45) is 5.92 Å². The van der Waals surface area contributed by atoms with Crippen LogP contribution in [0, 0.1) is 5.92 Å². The first-order chi connectivity index (χ1) is 13.0. The van der Waals surface area contributed by atoms with Gasteiger partial charge in [-0.05, 0) is 30.2 Å². The van der Waals surface area contributed by atoms with Crippen molar-refractivity contribution in [3.05, 3.63) is 65.7 Å². The highest BCUT2D eigenvalue weighted by Gasteiger charge is 2.32. The van der Waals surface area contributed by atoms with Gasteiger partial charge in [-0.3, -0.25) is 9.59 Å². The number of carbonyl (C=O) groups is 2. The summed E-state index contributed by atoms with van der Waals surface area (Å²) in [7, 11) is 1.62. The van der Waals surface area contributed by atoms with Crippen LogP contribution in [0.2, 0.25) is 0 Å². The maximum atomic E-state index is 13.0. The third-order valence-electron chi connectivity index (χ3n) is 4.32. The summed E-state index contributed by atoms with van der Waals surface area (Å²) in [5.41, 5.74) is 1.74. The number of benzene rings is 2. The summed E-state index contributed by atoms with van der Waals surface area (Å²) in [5.74, 6) is 0.296. The Morgan fingerprint density at radius 1 is 1.04 bits per heavy atom. The smallest absolute Gasteiger partial charge is 0.247 e. The molecule has 2 amide bonds. The average molecular weight is 368 g/mol. The fourth-order valence-corrected chi connectivity index (χ4v) is 2.93. The largest absolute Gasteiger partial charge is 0.497 e. The highest BCUT2D eigenvalue weighted by Crippen LogP contribution is 2.26. The van der Waals surface area contributed by atoms with Gasteiger partial charge < -0.3 is 15.0 Å². The molecule has 2 aromatic rings. The lowest BCUT2D eigenvalue weighted by atomic mass is 10.0. The molecule has 0 saturated heterocycles. The van der Waals surface area contributed by atoms with Gasteiger partial charge in [-0.2, -0.15) is 0 Å². The van der Waals surface area contributed by atoms with Gasteiger partial charge in [0.05, 0.1) is 7.11 Å². The number of amides is 2. The normalized spacial score (nSPS) is 11.7. The Kier molecular flexibility index (Phi) is 7.41. The van der Waals surface area contributed by atoms with E-state index >= 15 is 0 Å². The quantitative estimate of drug-likeness (QED) is 0.775. The van der Waals surface area contributed by atoms with E-state index in [1.54, 1.807) is 12.0 Å². The molecule has 0 aromatic heterocycles. The molecule has 5 nitrogen and oxygen atoms in total. The van der Waals surface area contributed by atoms with Crippen molar-refractivity contribution in [1.82, 2.24) is 10.2 Å². The molecule has 1 N–H and O–H groups in total. The fourth-order valence-electron chi connectivity index (χ4n) is 2.93. The number of carbonyl (C=O) groups excluding carboxylic acids is 2. The lowest BCUT2D eigenvalue weighted by Gasteiger charge is -2.32. The van der Waals surface area contributed by atoms with Crippen LogP contribution in [0.1, 0.15) is 37.9 Å². The van der Waals surface area contributed by atoms with Crippen LogP contribution in [-0.2, 0) is 16.1 Å². The zero-order chi connectivity index (χ0) is 19.8. The van der Waals surface area contributed by atoms with Gasteiger partial charge in [0, 0.05) is 19.0 Å². The van der Waals surface area contributed by atoms with E-state index < -0.39 is 6.04 Å². The number of likely N-dealkylation sites (N-methyl/N-ethyl adjacent to an activating group) is 1. The minimum atomic E-state index is -0.678. The summed E-state index contributed by atoms with van der Waals surface area (Å²) in [6, 6.07) is 16.3. The van der Waals surface area contributed by atoms with E-state index in [4.69, 9.17) is 4.74 Å². The number of hydrogen-bond acceptors (Lipinski definition) is 3. The molecule has 0 fully saturated rings. The van der Waals surface area contributed by atoms with Crippen LogP contribution in [0.25, 0.3) is 0 Å². The Hall–Kier alpha value is -2.82. The number of methoxy groups -OCH3 is 1. The van der Waals surface area contributed by atoms with Gasteiger partial charge in [0.15, 0.2) is 0 Å². The van der Waals surface area contributed by atoms with Gasteiger partial charge >= 0.3 is 0 Å². The topological polar surface area (TPSA) is 58.6 Å². The zero-order valence-electron chi connectivity index (χ0n) is 16.4. The van der Waals surface area contributed by atoms with E-state index in [9.17, 15) is 9.59 Å². The predicted molar refractivity (Wildman–Crippen MR) is 106 cm³/mol. The Labute approximate surface area is 161 Å². The molecule has 0 radical (unpaired) electrons. The van der Waals surface area contributed by atoms with Gasteiger partial charge in [0.25, 0.3) is 0 Å². The highest BCUT2D eigenvalue weighted by molar-refractivity contribution is 5.89. The molecule has 0 bridgehead atoms. The maximum absolute atomic E-state index is 13.0. The van der Waals surface area contributed by atoms with Gasteiger partial charge in [0.2, 0.25) is 11.8 Å². The van der Waals surface area contributed by atoms with Crippen LogP contribution in [0.15, 0.2) is 54.6 Å². The molecule has 0 unspecified atom stereocenters. The van der Waals surface area contributed by atoms with E-state index in [1.165, 1.54) is 0 Å². The molecule has 2 rings (SSSR count). The van der Waals surface area contributed by atoms with Gasteiger partial charge in [-0.1, -0.05) is 56.3 Å². The Morgan fingerprint density at radius 3 is 2.19 bits per heavy atom. The van der Waals surface area contributed by atoms with Crippen LogP contribution in [0.5, 0.6) is 5.75 Å². The number of rotatable bonds is 8. The molecule has 0 heterocycles. The minimum absolute atomic E-state index is 0.0640. The minimum Gasteiger partial charge on any atom is -0.497 e. The van der Waals surface area contributed by atoms with Crippen LogP contribution < -0.4 is 10.1 Å². The zero-order valence-corrected chi connectivity index (χ0v) is 16.4. The van der Waals surface area contributed by atoms with Crippen molar-refractivity contribution in [3.63, 3.8) is 0 Å². The fraction of sp³-hybridized carbons (Fsp3) is 0.364. The Balaban J connectivity index is 2.43. The summed E-state index contributed by atoms with van der Waals surface area (Å²) in [5, 5.41) is 2.87. The summed E-state index contributed by atoms with van der Waals surface area (Å²) in [6.45, 7) is 6.43. The monoisotopic (exact) mass is 368 g/mol. The van der Waals surface area contributed by atoms with Crippen molar-refractivity contribution in [2.75, 3.05) is 13.7 Å². The van der Waals surface area contributed by atoms with E-state index in [0.717, 1.165) is 16.9 Å². The van der Waals surface area contributed by atoms with Crippen LogP contribution in [-0.4, -0.2) is 30.4 Å². The SMILES string of the molecule is CCNC(=O)[C@@H](c1ccccc1)N(Cc1ccc(OC)cc1)C(=O)C(C)C. The second-order valence-electron chi connectivity index (χ2n) is 6.68. The maximum Gasteiger partial charge on any atom is 0.247 e. The van der Waals surface area contributed by atoms with Crippen LogP contribution in [0.3, 0.4) is 0 Å². The third kappa shape index (κ3) is 5.33. The van der Waals surface area contributed by atoms with Crippen LogP contribution >= 0.6 is 0 Å². The van der Waals surface area contributed by atoms with Gasteiger partial charge in [0.1, 0.15) is 11.8 Å². The molecule has 27 heavy (non-hydrogen) atoms. The number of ether oxygens (including phenoxy) is 1. The average Bonchev–Trinajstić information content (AvgIpc) is 2.68. The molecule has 0 aliphatic heterocycles. The van der Waals surface area contributed by atoms with Crippen LogP contribution in [0.4, 0.5) is 0 Å². The summed E-state index contributed by atoms with van der Waals surface area (Å²) in [6.07, 6.45) is 0. The van der Waals surface area contributed by atoms with Gasteiger partial charge in [-0.15, -0.1) is 0 Å². The van der Waals surface area contributed by atoms with Crippen molar-refractivity contribution < 1.29 is 14.3 Å². The number of nitrogens with one attached hydrogen (secondary N) is 1. The highest BCUT2D eigenvalue weighted by atomic mass is 16.5. The number of nitrogens with zero attached hydrogens (tertiary/aromatic N) is 1. The van der Waals surface area contributed by atoms with Gasteiger partial charge in [-0.25, -0.2) is 0 Å². The summed E-state index contributed by atoms with van der Waals surface area (Å²) < 4.78 is 5.20. The lowest BCUT2D eigenvalue weighted by molar-refractivity contribution is -0.144. The molecule has 144 valence electrons. The summed E-state index contributed by atoms with van der Waals surface area (Å²) in [4.78, 5) is 27.6. The second kappa shape index (κ2) is 9.76. The van der Waals surface area contributed by atoms with Crippen molar-refractivity contribution in [3.8, 4) is 5.75 Å². The molecular formula is C22H28N2O3. The molecule has 0 saturated carbocycles. The van der Waals surface area contributed by atoms with E-state index in [2.05, 4.69) is 5.32 Å². The molecule has 2 aromatic carbocycles. The second-order valence-corrected chi connectivity index (χ2v) is 6.68. The molecule has 5 heteroatoms. The first-order valence-corrected chi connectivity index (χ1v) is 9.24. The third-order valence-corrected chi connectivity index (χ3v) is 4.32. The van der Waals surface area contributed by atoms with Crippen molar-refractivity contribution in [2.45, 2.75) is 33.4 Å². The van der Waals surface area contributed by atoms with E-state index in [-0.39, 0.29) is 17.7 Å². The molecule has 0 aliphatic rings. The van der Waals surface area contributed by atoms with E-state index in [0.29, 0.717) is 13.1 Å². The van der Waals surface area contributed by atoms with E-state index in [1.807, 2.05) is 75.4 Å². The Bertz CT molecular complexity index is 742. The first-order valence-electron chi connectivity index (χ1n) is 9.24.